The number of aliphatic hydroxyl groups is 1. The molecule has 1 aromatic heterocycles. The Bertz CT molecular complexity index is 1490. The number of cyclic esters (lactones) is 1. The van der Waals surface area contributed by atoms with Gasteiger partial charge in [0.1, 0.15) is 17.2 Å². The lowest BCUT2D eigenvalue weighted by atomic mass is 9.80. The summed E-state index contributed by atoms with van der Waals surface area (Å²) in [6, 6.07) is 15.7. The summed E-state index contributed by atoms with van der Waals surface area (Å²) < 4.78 is 47.6. The number of aryl methyl sites for hydroxylation is 1. The first-order valence-corrected chi connectivity index (χ1v) is 14.8. The van der Waals surface area contributed by atoms with E-state index in [1.807, 2.05) is 13.8 Å². The normalized spacial score (nSPS) is 18.3. The molecule has 40 heavy (non-hydrogen) atoms. The van der Waals surface area contributed by atoms with Crippen LogP contribution < -0.4 is 10.5 Å². The van der Waals surface area contributed by atoms with Crippen LogP contribution in [0.2, 0.25) is 0 Å². The third-order valence-corrected chi connectivity index (χ3v) is 8.45. The molecule has 1 aliphatic rings. The number of halogens is 1. The fourth-order valence-corrected chi connectivity index (χ4v) is 6.20. The number of ether oxygens (including phenoxy) is 1. The van der Waals surface area contributed by atoms with Crippen LogP contribution in [0.25, 0.3) is 0 Å². The maximum Gasteiger partial charge on any atom is 0.338 e. The van der Waals surface area contributed by atoms with Gasteiger partial charge in [-0.3, -0.25) is 4.72 Å². The molecule has 3 aromatic rings. The highest BCUT2D eigenvalue weighted by Gasteiger charge is 2.43. The van der Waals surface area contributed by atoms with E-state index in [0.29, 0.717) is 42.6 Å². The van der Waals surface area contributed by atoms with Gasteiger partial charge in [0, 0.05) is 18.0 Å². The average Bonchev–Trinajstić information content (AvgIpc) is 2.91. The molecule has 0 saturated heterocycles. The summed E-state index contributed by atoms with van der Waals surface area (Å²) in [5.41, 5.74) is 7.13. The highest BCUT2D eigenvalue weighted by Crippen LogP contribution is 2.42. The van der Waals surface area contributed by atoms with E-state index in [0.717, 1.165) is 12.0 Å². The van der Waals surface area contributed by atoms with Crippen LogP contribution in [0.5, 0.6) is 0 Å². The van der Waals surface area contributed by atoms with Crippen molar-refractivity contribution >= 4 is 27.4 Å². The Morgan fingerprint density at radius 3 is 2.50 bits per heavy atom. The number of aromatic nitrogens is 1. The Labute approximate surface area is 234 Å². The average molecular weight is 568 g/mol. The van der Waals surface area contributed by atoms with Crippen LogP contribution in [0.3, 0.4) is 0 Å². The summed E-state index contributed by atoms with van der Waals surface area (Å²) in [6.07, 6.45) is 4.29. The van der Waals surface area contributed by atoms with Crippen molar-refractivity contribution in [1.29, 1.82) is 0 Å². The maximum atomic E-state index is 13.4. The molecule has 0 saturated carbocycles. The first-order valence-electron chi connectivity index (χ1n) is 13.3. The minimum absolute atomic E-state index is 0.0206. The van der Waals surface area contributed by atoms with E-state index in [4.69, 9.17) is 10.5 Å². The Hall–Kier alpha value is -3.92. The number of rotatable bonds is 11. The standard InChI is InChI=1S/C30H34FN3O5S/c1-3-15-30(16-14-20-8-10-22(31)11-9-20)18-26(35)28(29(36)39-30)25(4-2)21-6-5-7-24(17-21)34-40(37,38)27-13-12-23(32)19-33-27/h5-13,17,19,25,34-35H,3-4,14-16,18,32H2,1-2H3/t25-,30-/m0/s1. The zero-order valence-corrected chi connectivity index (χ0v) is 23.4. The lowest BCUT2D eigenvalue weighted by molar-refractivity contribution is -0.161. The number of nitrogens with two attached hydrogens (primary N) is 1. The number of pyridine rings is 1. The van der Waals surface area contributed by atoms with E-state index < -0.39 is 27.5 Å². The molecule has 0 spiro atoms. The van der Waals surface area contributed by atoms with E-state index in [9.17, 15) is 22.7 Å². The fourth-order valence-electron chi connectivity index (χ4n) is 5.22. The van der Waals surface area contributed by atoms with Crippen molar-refractivity contribution in [2.45, 2.75) is 68.9 Å². The number of hydrogen-bond donors (Lipinski definition) is 3. The molecule has 212 valence electrons. The number of benzene rings is 2. The Kier molecular flexibility index (Phi) is 8.78. The molecule has 0 aliphatic carbocycles. The molecule has 8 nitrogen and oxygen atoms in total. The molecule has 0 radical (unpaired) electrons. The monoisotopic (exact) mass is 567 g/mol. The number of nitrogen functional groups attached to an aromatic ring is 1. The smallest absolute Gasteiger partial charge is 0.338 e. The molecule has 2 atom stereocenters. The second-order valence-corrected chi connectivity index (χ2v) is 11.7. The van der Waals surface area contributed by atoms with Crippen LogP contribution in [0.4, 0.5) is 15.8 Å². The van der Waals surface area contributed by atoms with Crippen LogP contribution in [0.1, 0.15) is 63.0 Å². The maximum absolute atomic E-state index is 13.4. The summed E-state index contributed by atoms with van der Waals surface area (Å²) in [6.45, 7) is 3.88. The van der Waals surface area contributed by atoms with E-state index in [-0.39, 0.29) is 28.6 Å². The Morgan fingerprint density at radius 2 is 1.88 bits per heavy atom. The molecule has 0 amide bonds. The number of sulfonamides is 1. The van der Waals surface area contributed by atoms with Gasteiger partial charge in [-0.1, -0.05) is 44.5 Å². The van der Waals surface area contributed by atoms with Gasteiger partial charge in [-0.15, -0.1) is 0 Å². The number of nitrogens with zero attached hydrogens (tertiary/aromatic N) is 1. The molecule has 2 heterocycles. The van der Waals surface area contributed by atoms with Crippen LogP contribution in [0.15, 0.2) is 83.2 Å². The number of hydrogen-bond acceptors (Lipinski definition) is 7. The minimum Gasteiger partial charge on any atom is -0.512 e. The number of esters is 1. The van der Waals surface area contributed by atoms with E-state index in [1.54, 1.807) is 36.4 Å². The highest BCUT2D eigenvalue weighted by molar-refractivity contribution is 7.92. The predicted octanol–water partition coefficient (Wildman–Crippen LogP) is 6.03. The zero-order chi connectivity index (χ0) is 28.9. The van der Waals surface area contributed by atoms with Gasteiger partial charge in [-0.2, -0.15) is 8.42 Å². The first-order chi connectivity index (χ1) is 19.1. The highest BCUT2D eigenvalue weighted by atomic mass is 32.2. The van der Waals surface area contributed by atoms with Crippen LogP contribution >= 0.6 is 0 Å². The van der Waals surface area contributed by atoms with Crippen molar-refractivity contribution < 1.29 is 27.4 Å². The summed E-state index contributed by atoms with van der Waals surface area (Å²) in [7, 11) is -3.97. The molecular weight excluding hydrogens is 533 g/mol. The summed E-state index contributed by atoms with van der Waals surface area (Å²) in [5, 5.41) is 11.0. The van der Waals surface area contributed by atoms with Gasteiger partial charge in [0.25, 0.3) is 10.0 Å². The summed E-state index contributed by atoms with van der Waals surface area (Å²) >= 11 is 0. The lowest BCUT2D eigenvalue weighted by Crippen LogP contribution is -2.41. The largest absolute Gasteiger partial charge is 0.512 e. The minimum atomic E-state index is -3.97. The molecule has 0 bridgehead atoms. The van der Waals surface area contributed by atoms with E-state index in [2.05, 4.69) is 9.71 Å². The molecule has 4 rings (SSSR count). The number of carbonyl (C=O) groups is 1. The summed E-state index contributed by atoms with van der Waals surface area (Å²) in [5.74, 6) is -1.43. The van der Waals surface area contributed by atoms with Gasteiger partial charge in [0.15, 0.2) is 5.03 Å². The third kappa shape index (κ3) is 6.62. The zero-order valence-electron chi connectivity index (χ0n) is 22.6. The second kappa shape index (κ2) is 12.1. The molecule has 0 unspecified atom stereocenters. The third-order valence-electron chi connectivity index (χ3n) is 7.15. The molecule has 0 fully saturated rings. The topological polar surface area (TPSA) is 132 Å². The van der Waals surface area contributed by atoms with Crippen LogP contribution in [0, 0.1) is 5.82 Å². The number of aliphatic hydroxyl groups excluding tert-OH is 1. The van der Waals surface area contributed by atoms with Crippen LogP contribution in [-0.2, 0) is 26.0 Å². The number of nitrogens with one attached hydrogen (secondary N) is 1. The Morgan fingerprint density at radius 1 is 1.12 bits per heavy atom. The Balaban J connectivity index is 1.58. The first kappa shape index (κ1) is 29.1. The van der Waals surface area contributed by atoms with Crippen molar-refractivity contribution in [2.75, 3.05) is 10.5 Å². The van der Waals surface area contributed by atoms with Gasteiger partial charge in [-0.25, -0.2) is 14.2 Å². The SMILES string of the molecule is CCC[C@]1(CCc2ccc(F)cc2)CC(O)=C([C@@H](CC)c2cccc(NS(=O)(=O)c3ccc(N)cn3)c2)C(=O)O1. The summed E-state index contributed by atoms with van der Waals surface area (Å²) in [4.78, 5) is 17.3. The van der Waals surface area contributed by atoms with E-state index in [1.165, 1.54) is 30.5 Å². The van der Waals surface area contributed by atoms with Gasteiger partial charge in [-0.05, 0) is 73.2 Å². The van der Waals surface area contributed by atoms with Crippen molar-refractivity contribution in [1.82, 2.24) is 4.98 Å². The predicted molar refractivity (Wildman–Crippen MR) is 152 cm³/mol. The number of anilines is 2. The van der Waals surface area contributed by atoms with Crippen LogP contribution in [-0.4, -0.2) is 30.1 Å². The molecule has 10 heteroatoms. The van der Waals surface area contributed by atoms with Crippen molar-refractivity contribution in [3.05, 3.63) is 95.1 Å². The quantitative estimate of drug-likeness (QED) is 0.241. The van der Waals surface area contributed by atoms with Gasteiger partial charge in [0.05, 0.1) is 17.5 Å². The van der Waals surface area contributed by atoms with Crippen molar-refractivity contribution in [3.8, 4) is 0 Å². The molecule has 4 N–H and O–H groups in total. The molecule has 1 aliphatic heterocycles. The van der Waals surface area contributed by atoms with Gasteiger partial charge in [0.2, 0.25) is 0 Å². The second-order valence-electron chi connectivity index (χ2n) is 10.1. The lowest BCUT2D eigenvalue weighted by Gasteiger charge is -2.38. The number of carbonyl (C=O) groups excluding carboxylic acids is 1. The molecule has 2 aromatic carbocycles. The van der Waals surface area contributed by atoms with E-state index >= 15 is 0 Å². The fraction of sp³-hybridized carbons (Fsp3) is 0.333. The van der Waals surface area contributed by atoms with Gasteiger partial charge >= 0.3 is 5.97 Å². The van der Waals surface area contributed by atoms with Crippen molar-refractivity contribution in [2.24, 2.45) is 0 Å². The van der Waals surface area contributed by atoms with Gasteiger partial charge < -0.3 is 15.6 Å². The van der Waals surface area contributed by atoms with Crippen molar-refractivity contribution in [3.63, 3.8) is 0 Å². The molecular formula is C30H34FN3O5S.